The molecule has 1 N–H and O–H groups in total. The lowest BCUT2D eigenvalue weighted by atomic mass is 9.84. The zero-order valence-electron chi connectivity index (χ0n) is 12.1. The second-order valence-corrected chi connectivity index (χ2v) is 7.08. The molecule has 110 valence electrons. The molecule has 0 spiro atoms. The summed E-state index contributed by atoms with van der Waals surface area (Å²) in [6, 6.07) is 6.69. The maximum atomic E-state index is 10.1. The Bertz CT molecular complexity index is 480. The van der Waals surface area contributed by atoms with E-state index in [-0.39, 0.29) is 0 Å². The second kappa shape index (κ2) is 6.04. The zero-order chi connectivity index (χ0) is 14.1. The van der Waals surface area contributed by atoms with Crippen molar-refractivity contribution >= 4 is 15.9 Å². The molecule has 0 amide bonds. The van der Waals surface area contributed by atoms with Gasteiger partial charge in [0, 0.05) is 24.7 Å². The van der Waals surface area contributed by atoms with Crippen LogP contribution in [0.1, 0.15) is 24.8 Å². The first-order valence-electron chi connectivity index (χ1n) is 7.54. The monoisotopic (exact) mass is 338 g/mol. The molecule has 1 aromatic carbocycles. The van der Waals surface area contributed by atoms with Gasteiger partial charge in [-0.1, -0.05) is 12.1 Å². The number of hydrogen-bond donors (Lipinski definition) is 1. The SMILES string of the molecule is CN1CCCC2CN(Cc3cccc(Br)c3O)CCC21. The predicted octanol–water partition coefficient (Wildman–Crippen LogP) is 3.07. The minimum Gasteiger partial charge on any atom is -0.506 e. The van der Waals surface area contributed by atoms with E-state index >= 15 is 0 Å². The molecule has 2 fully saturated rings. The molecular weight excluding hydrogens is 316 g/mol. The van der Waals surface area contributed by atoms with Gasteiger partial charge < -0.3 is 10.0 Å². The van der Waals surface area contributed by atoms with E-state index in [1.54, 1.807) is 0 Å². The number of phenolic OH excluding ortho intramolecular Hbond substituents is 1. The molecule has 20 heavy (non-hydrogen) atoms. The quantitative estimate of drug-likeness (QED) is 0.897. The van der Waals surface area contributed by atoms with Crippen LogP contribution < -0.4 is 0 Å². The average molecular weight is 339 g/mol. The van der Waals surface area contributed by atoms with Crippen molar-refractivity contribution in [3.8, 4) is 5.75 Å². The van der Waals surface area contributed by atoms with Crippen LogP contribution in [0.5, 0.6) is 5.75 Å². The summed E-state index contributed by atoms with van der Waals surface area (Å²) in [7, 11) is 2.27. The highest BCUT2D eigenvalue weighted by Gasteiger charge is 2.34. The van der Waals surface area contributed by atoms with Gasteiger partial charge in [-0.05, 0) is 67.3 Å². The fourth-order valence-corrected chi connectivity index (χ4v) is 4.21. The normalized spacial score (nSPS) is 28.3. The Hall–Kier alpha value is -0.580. The molecule has 0 radical (unpaired) electrons. The number of benzene rings is 1. The van der Waals surface area contributed by atoms with Crippen molar-refractivity contribution in [3.05, 3.63) is 28.2 Å². The maximum absolute atomic E-state index is 10.1. The van der Waals surface area contributed by atoms with E-state index in [9.17, 15) is 5.11 Å². The van der Waals surface area contributed by atoms with Gasteiger partial charge in [0.15, 0.2) is 0 Å². The van der Waals surface area contributed by atoms with Gasteiger partial charge in [-0.2, -0.15) is 0 Å². The van der Waals surface area contributed by atoms with Gasteiger partial charge in [0.25, 0.3) is 0 Å². The number of halogens is 1. The lowest BCUT2D eigenvalue weighted by molar-refractivity contribution is 0.0352. The first-order valence-corrected chi connectivity index (χ1v) is 8.33. The molecule has 2 aliphatic rings. The molecule has 2 aliphatic heterocycles. The first kappa shape index (κ1) is 14.4. The Labute approximate surface area is 129 Å². The average Bonchev–Trinajstić information content (AvgIpc) is 2.44. The van der Waals surface area contributed by atoms with Crippen molar-refractivity contribution in [2.24, 2.45) is 5.92 Å². The molecule has 0 aromatic heterocycles. The van der Waals surface area contributed by atoms with Crippen molar-refractivity contribution in [2.75, 3.05) is 26.7 Å². The summed E-state index contributed by atoms with van der Waals surface area (Å²) in [4.78, 5) is 5.05. The molecule has 3 rings (SSSR count). The van der Waals surface area contributed by atoms with E-state index in [2.05, 4.69) is 32.8 Å². The van der Waals surface area contributed by atoms with E-state index in [0.29, 0.717) is 5.75 Å². The van der Waals surface area contributed by atoms with E-state index in [0.717, 1.165) is 35.1 Å². The van der Waals surface area contributed by atoms with Crippen LogP contribution in [0.4, 0.5) is 0 Å². The third-order valence-electron chi connectivity index (χ3n) is 4.89. The van der Waals surface area contributed by atoms with E-state index in [4.69, 9.17) is 0 Å². The van der Waals surface area contributed by atoms with Crippen LogP contribution in [-0.4, -0.2) is 47.6 Å². The fourth-order valence-electron chi connectivity index (χ4n) is 3.80. The van der Waals surface area contributed by atoms with Crippen LogP contribution >= 0.6 is 15.9 Å². The Morgan fingerprint density at radius 2 is 2.15 bits per heavy atom. The molecular formula is C16H23BrN2O. The maximum Gasteiger partial charge on any atom is 0.134 e. The number of rotatable bonds is 2. The first-order chi connectivity index (χ1) is 9.65. The van der Waals surface area contributed by atoms with Crippen LogP contribution in [0.25, 0.3) is 0 Å². The molecule has 3 nitrogen and oxygen atoms in total. The van der Waals surface area contributed by atoms with Gasteiger partial charge in [0.05, 0.1) is 4.47 Å². The highest BCUT2D eigenvalue weighted by Crippen LogP contribution is 2.32. The summed E-state index contributed by atoms with van der Waals surface area (Å²) in [6.45, 7) is 4.42. The summed E-state index contributed by atoms with van der Waals surface area (Å²) in [5.41, 5.74) is 1.03. The molecule has 4 heteroatoms. The Balaban J connectivity index is 1.66. The minimum atomic E-state index is 0.399. The molecule has 1 aromatic rings. The van der Waals surface area contributed by atoms with Gasteiger partial charge in [-0.15, -0.1) is 0 Å². The molecule has 2 atom stereocenters. The van der Waals surface area contributed by atoms with Crippen molar-refractivity contribution in [1.29, 1.82) is 0 Å². The number of piperidine rings is 2. The summed E-state index contributed by atoms with van der Waals surface area (Å²) < 4.78 is 0.794. The number of aromatic hydroxyl groups is 1. The fraction of sp³-hybridized carbons (Fsp3) is 0.625. The van der Waals surface area contributed by atoms with E-state index < -0.39 is 0 Å². The second-order valence-electron chi connectivity index (χ2n) is 6.22. The molecule has 2 unspecified atom stereocenters. The molecule has 0 bridgehead atoms. The van der Waals surface area contributed by atoms with E-state index in [1.807, 2.05) is 18.2 Å². The Morgan fingerprint density at radius 3 is 3.00 bits per heavy atom. The Morgan fingerprint density at radius 1 is 1.30 bits per heavy atom. The van der Waals surface area contributed by atoms with Crippen LogP contribution in [0.15, 0.2) is 22.7 Å². The van der Waals surface area contributed by atoms with Crippen molar-refractivity contribution in [3.63, 3.8) is 0 Å². The topological polar surface area (TPSA) is 26.7 Å². The Kier molecular flexibility index (Phi) is 4.34. The van der Waals surface area contributed by atoms with Gasteiger partial charge in [0.1, 0.15) is 5.75 Å². The lowest BCUT2D eigenvalue weighted by Gasteiger charge is -2.46. The number of para-hydroxylation sites is 1. The van der Waals surface area contributed by atoms with Gasteiger partial charge >= 0.3 is 0 Å². The summed E-state index contributed by atoms with van der Waals surface area (Å²) >= 11 is 3.40. The summed E-state index contributed by atoms with van der Waals surface area (Å²) in [6.07, 6.45) is 3.94. The van der Waals surface area contributed by atoms with Gasteiger partial charge in [-0.25, -0.2) is 0 Å². The molecule has 0 aliphatic carbocycles. The number of hydrogen-bond acceptors (Lipinski definition) is 3. The lowest BCUT2D eigenvalue weighted by Crippen LogP contribution is -2.52. The van der Waals surface area contributed by atoms with Crippen molar-refractivity contribution in [2.45, 2.75) is 31.8 Å². The van der Waals surface area contributed by atoms with Crippen molar-refractivity contribution in [1.82, 2.24) is 9.80 Å². The van der Waals surface area contributed by atoms with Crippen LogP contribution in [0.3, 0.4) is 0 Å². The van der Waals surface area contributed by atoms with E-state index in [1.165, 1.54) is 32.4 Å². The molecule has 2 saturated heterocycles. The summed E-state index contributed by atoms with van der Waals surface area (Å²) in [5.74, 6) is 1.20. The van der Waals surface area contributed by atoms with Crippen LogP contribution in [0.2, 0.25) is 0 Å². The minimum absolute atomic E-state index is 0.399. The standard InChI is InChI=1S/C16H23BrN2O/c1-18-8-3-5-12-10-19(9-7-15(12)18)11-13-4-2-6-14(17)16(13)20/h2,4,6,12,15,20H,3,5,7-11H2,1H3. The van der Waals surface area contributed by atoms with Crippen LogP contribution in [-0.2, 0) is 6.54 Å². The third-order valence-corrected chi connectivity index (χ3v) is 5.53. The smallest absolute Gasteiger partial charge is 0.134 e. The van der Waals surface area contributed by atoms with Crippen molar-refractivity contribution < 1.29 is 5.11 Å². The highest BCUT2D eigenvalue weighted by atomic mass is 79.9. The number of nitrogens with zero attached hydrogens (tertiary/aromatic N) is 2. The van der Waals surface area contributed by atoms with Gasteiger partial charge in [0.2, 0.25) is 0 Å². The van der Waals surface area contributed by atoms with Gasteiger partial charge in [-0.3, -0.25) is 4.90 Å². The molecule has 0 saturated carbocycles. The van der Waals surface area contributed by atoms with Crippen LogP contribution in [0, 0.1) is 5.92 Å². The molecule has 2 heterocycles. The largest absolute Gasteiger partial charge is 0.506 e. The number of likely N-dealkylation sites (tertiary alicyclic amines) is 2. The summed E-state index contributed by atoms with van der Waals surface area (Å²) in [5, 5.41) is 10.1. The zero-order valence-corrected chi connectivity index (χ0v) is 13.6. The number of fused-ring (bicyclic) bond motifs is 1. The predicted molar refractivity (Wildman–Crippen MR) is 84.8 cm³/mol. The highest BCUT2D eigenvalue weighted by molar-refractivity contribution is 9.10. The third kappa shape index (κ3) is 2.87. The number of phenols is 1.